The van der Waals surface area contributed by atoms with Crippen LogP contribution in [-0.2, 0) is 13.8 Å². The molecule has 2 saturated heterocycles. The molecular weight excluding hydrogens is 503 g/mol. The maximum atomic E-state index is 11.1. The summed E-state index contributed by atoms with van der Waals surface area (Å²) in [4.78, 5) is 19.6. The first-order chi connectivity index (χ1) is 17.4. The smallest absolute Gasteiger partial charge is 0.387 e. The monoisotopic (exact) mass is 550 g/mol. The predicted octanol–water partition coefficient (Wildman–Crippen LogP) is 2.06. The Hall–Kier alpha value is -0.590. The minimum absolute atomic E-state index is 0.398. The van der Waals surface area contributed by atoms with E-state index in [0.29, 0.717) is 6.42 Å². The minimum atomic E-state index is -4.78. The first-order valence-corrected chi connectivity index (χ1v) is 15.3. The predicted molar refractivity (Wildman–Crippen MR) is 137 cm³/mol. The summed E-state index contributed by atoms with van der Waals surface area (Å²) >= 11 is 0. The fraction of sp³-hybridized carbons (Fsp3) is 0.920. The summed E-state index contributed by atoms with van der Waals surface area (Å²) < 4.78 is 21.3. The van der Waals surface area contributed by atoms with E-state index < -0.39 is 62.4 Å². The second kappa shape index (κ2) is 13.2. The third-order valence-corrected chi connectivity index (χ3v) is 8.79. The minimum Gasteiger partial charge on any atom is -0.387 e. The van der Waals surface area contributed by atoms with Gasteiger partial charge in [0.2, 0.25) is 0 Å². The highest BCUT2D eigenvalue weighted by atomic mass is 31.2. The Morgan fingerprint density at radius 1 is 0.973 bits per heavy atom. The number of piperidine rings is 1. The number of phosphoric ester groups is 1. The van der Waals surface area contributed by atoms with Gasteiger partial charge < -0.3 is 39.8 Å². The van der Waals surface area contributed by atoms with Gasteiger partial charge in [0.05, 0.1) is 12.1 Å². The summed E-state index contributed by atoms with van der Waals surface area (Å²) in [6.45, 7) is 3.42. The lowest BCUT2D eigenvalue weighted by atomic mass is 9.65. The molecule has 2 fully saturated rings. The lowest BCUT2D eigenvalue weighted by Crippen LogP contribution is -2.73. The third kappa shape index (κ3) is 7.54. The number of aliphatic hydroxyl groups is 4. The highest BCUT2D eigenvalue weighted by Gasteiger charge is 2.59. The SMILES string of the molecule is CCCCCCCCCCCCC12C=CN(C3OC(COP(=O)(O)O)C(O)C3O)C(C)(C1)C(O)NC2O. The van der Waals surface area contributed by atoms with Crippen LogP contribution in [0.4, 0.5) is 0 Å². The Kier molecular flexibility index (Phi) is 11.0. The molecule has 0 aromatic rings. The van der Waals surface area contributed by atoms with Crippen molar-refractivity contribution >= 4 is 7.82 Å². The van der Waals surface area contributed by atoms with Crippen molar-refractivity contribution in [1.82, 2.24) is 10.2 Å². The van der Waals surface area contributed by atoms with Gasteiger partial charge in [0.15, 0.2) is 6.23 Å². The molecule has 8 unspecified atom stereocenters. The van der Waals surface area contributed by atoms with E-state index in [4.69, 9.17) is 14.5 Å². The maximum Gasteiger partial charge on any atom is 0.469 e. The van der Waals surface area contributed by atoms with E-state index in [1.165, 1.54) is 44.9 Å². The number of ether oxygens (including phenoxy) is 1. The zero-order chi connectivity index (χ0) is 27.3. The van der Waals surface area contributed by atoms with Crippen LogP contribution in [0.3, 0.4) is 0 Å². The van der Waals surface area contributed by atoms with Crippen molar-refractivity contribution in [2.45, 2.75) is 133 Å². The molecule has 7 N–H and O–H groups in total. The molecule has 0 aromatic heterocycles. The molecule has 0 saturated carbocycles. The molecule has 3 heterocycles. The van der Waals surface area contributed by atoms with Crippen LogP contribution in [0.15, 0.2) is 12.3 Å². The molecule has 0 aliphatic carbocycles. The van der Waals surface area contributed by atoms with Crippen LogP contribution in [0, 0.1) is 5.41 Å². The van der Waals surface area contributed by atoms with Gasteiger partial charge in [0, 0.05) is 5.41 Å². The van der Waals surface area contributed by atoms with E-state index in [1.54, 1.807) is 18.0 Å². The van der Waals surface area contributed by atoms with Crippen LogP contribution in [0.1, 0.15) is 90.9 Å². The average molecular weight is 551 g/mol. The first kappa shape index (κ1) is 30.9. The lowest BCUT2D eigenvalue weighted by Gasteiger charge is -2.59. The number of nitrogens with zero attached hydrogens (tertiary/aromatic N) is 1. The molecule has 0 aromatic carbocycles. The van der Waals surface area contributed by atoms with Crippen molar-refractivity contribution < 1.29 is 44.0 Å². The van der Waals surface area contributed by atoms with Crippen molar-refractivity contribution in [3.8, 4) is 0 Å². The first-order valence-electron chi connectivity index (χ1n) is 13.8. The van der Waals surface area contributed by atoms with E-state index >= 15 is 0 Å². The van der Waals surface area contributed by atoms with Crippen molar-refractivity contribution in [2.75, 3.05) is 6.61 Å². The van der Waals surface area contributed by atoms with Crippen LogP contribution in [0.5, 0.6) is 0 Å². The zero-order valence-electron chi connectivity index (χ0n) is 22.1. The summed E-state index contributed by atoms with van der Waals surface area (Å²) in [5.41, 5.74) is -1.58. The largest absolute Gasteiger partial charge is 0.469 e. The Morgan fingerprint density at radius 3 is 2.16 bits per heavy atom. The van der Waals surface area contributed by atoms with E-state index in [9.17, 15) is 25.0 Å². The van der Waals surface area contributed by atoms with E-state index in [1.807, 2.05) is 6.08 Å². The van der Waals surface area contributed by atoms with Crippen molar-refractivity contribution in [1.29, 1.82) is 0 Å². The van der Waals surface area contributed by atoms with E-state index in [2.05, 4.69) is 16.8 Å². The molecule has 12 heteroatoms. The van der Waals surface area contributed by atoms with Crippen molar-refractivity contribution in [3.63, 3.8) is 0 Å². The number of rotatable bonds is 15. The summed E-state index contributed by atoms with van der Waals surface area (Å²) in [7, 11) is -4.78. The molecule has 0 amide bonds. The summed E-state index contributed by atoms with van der Waals surface area (Å²) in [6.07, 6.45) is 9.67. The van der Waals surface area contributed by atoms with Crippen molar-refractivity contribution in [3.05, 3.63) is 12.3 Å². The Balaban J connectivity index is 1.58. The maximum absolute atomic E-state index is 11.1. The highest BCUT2D eigenvalue weighted by molar-refractivity contribution is 7.46. The Bertz CT molecular complexity index is 798. The van der Waals surface area contributed by atoms with Crippen LogP contribution in [0.25, 0.3) is 0 Å². The molecular formula is C25H47N2O9P. The molecule has 216 valence electrons. The third-order valence-electron chi connectivity index (χ3n) is 8.31. The standard InChI is InChI=1S/C25H47N2O9P/c1-3-4-5-6-7-8-9-10-11-12-13-25-14-15-27(24(2,17-25)22(30)26-23(25)31)21-20(29)19(28)18(36-21)16-35-37(32,33)34/h14-15,18-23,26,28-31H,3-13,16-17H2,1-2H3,(H2,32,33,34). The zero-order valence-corrected chi connectivity index (χ0v) is 23.0. The number of phosphoric acid groups is 1. The molecule has 2 bridgehead atoms. The second-order valence-electron chi connectivity index (χ2n) is 11.2. The fourth-order valence-corrected chi connectivity index (χ4v) is 6.37. The van der Waals surface area contributed by atoms with Gasteiger partial charge in [-0.3, -0.25) is 9.84 Å². The normalized spacial score (nSPS) is 37.9. The highest BCUT2D eigenvalue weighted by Crippen LogP contribution is 2.50. The Labute approximate surface area is 220 Å². The number of unbranched alkanes of at least 4 members (excludes halogenated alkanes) is 9. The average Bonchev–Trinajstić information content (AvgIpc) is 3.11. The van der Waals surface area contributed by atoms with Gasteiger partial charge in [-0.15, -0.1) is 0 Å². The van der Waals surface area contributed by atoms with Gasteiger partial charge in [-0.25, -0.2) is 4.57 Å². The van der Waals surface area contributed by atoms with Gasteiger partial charge in [0.1, 0.15) is 30.8 Å². The molecule has 3 aliphatic rings. The second-order valence-corrected chi connectivity index (χ2v) is 12.5. The van der Waals surface area contributed by atoms with Gasteiger partial charge in [-0.1, -0.05) is 77.2 Å². The van der Waals surface area contributed by atoms with Gasteiger partial charge in [0.25, 0.3) is 0 Å². The molecule has 0 spiro atoms. The van der Waals surface area contributed by atoms with Crippen LogP contribution < -0.4 is 5.32 Å². The van der Waals surface area contributed by atoms with Crippen LogP contribution in [0.2, 0.25) is 0 Å². The van der Waals surface area contributed by atoms with Crippen molar-refractivity contribution in [2.24, 2.45) is 5.41 Å². The van der Waals surface area contributed by atoms with Gasteiger partial charge in [-0.05, 0) is 26.0 Å². The summed E-state index contributed by atoms with van der Waals surface area (Å²) in [5, 5.41) is 45.7. The number of nitrogens with one attached hydrogen (secondary N) is 1. The summed E-state index contributed by atoms with van der Waals surface area (Å²) in [5.74, 6) is 0. The lowest BCUT2D eigenvalue weighted by molar-refractivity contribution is -0.199. The van der Waals surface area contributed by atoms with Gasteiger partial charge >= 0.3 is 7.82 Å². The molecule has 11 nitrogen and oxygen atoms in total. The number of hydrogen-bond acceptors (Lipinski definition) is 9. The molecule has 8 atom stereocenters. The number of aliphatic hydroxyl groups excluding tert-OH is 4. The fourth-order valence-electron chi connectivity index (χ4n) is 6.03. The van der Waals surface area contributed by atoms with Crippen LogP contribution in [-0.4, -0.2) is 84.3 Å². The Morgan fingerprint density at radius 2 is 1.57 bits per heavy atom. The molecule has 3 aliphatic heterocycles. The van der Waals surface area contributed by atoms with Gasteiger partial charge in [-0.2, -0.15) is 0 Å². The van der Waals surface area contributed by atoms with E-state index in [0.717, 1.165) is 25.7 Å². The topological polar surface area (TPSA) is 172 Å². The number of hydrogen-bond donors (Lipinski definition) is 7. The quantitative estimate of drug-likeness (QED) is 0.118. The number of fused-ring (bicyclic) bond motifs is 2. The van der Waals surface area contributed by atoms with E-state index in [-0.39, 0.29) is 0 Å². The molecule has 0 radical (unpaired) electrons. The molecule has 3 rings (SSSR count). The van der Waals surface area contributed by atoms with Crippen LogP contribution >= 0.6 is 7.82 Å². The molecule has 37 heavy (non-hydrogen) atoms. The summed E-state index contributed by atoms with van der Waals surface area (Å²) in [6, 6.07) is 0.